The molecule has 0 saturated carbocycles. The van der Waals surface area contributed by atoms with E-state index in [2.05, 4.69) is 36.3 Å². The third-order valence-electron chi connectivity index (χ3n) is 6.47. The van der Waals surface area contributed by atoms with Crippen LogP contribution in [-0.4, -0.2) is 74.3 Å². The van der Waals surface area contributed by atoms with Gasteiger partial charge in [-0.05, 0) is 50.1 Å². The summed E-state index contributed by atoms with van der Waals surface area (Å²) in [4.78, 5) is 29.8. The van der Waals surface area contributed by atoms with E-state index in [1.54, 1.807) is 49.4 Å². The van der Waals surface area contributed by atoms with Gasteiger partial charge in [-0.25, -0.2) is 9.18 Å². The fourth-order valence-electron chi connectivity index (χ4n) is 4.37. The number of carbonyl (C=O) groups excluding carboxylic acids is 2. The Morgan fingerprint density at radius 2 is 1.92 bits per heavy atom. The Labute approximate surface area is 212 Å². The van der Waals surface area contributed by atoms with Crippen molar-refractivity contribution in [2.24, 2.45) is 5.92 Å². The fourth-order valence-corrected chi connectivity index (χ4v) is 4.37. The van der Waals surface area contributed by atoms with E-state index in [9.17, 15) is 14.0 Å². The summed E-state index contributed by atoms with van der Waals surface area (Å²) < 4.78 is 25.8. The number of nitrogens with one attached hydrogen (secondary N) is 2. The Kier molecular flexibility index (Phi) is 9.66. The van der Waals surface area contributed by atoms with Gasteiger partial charge in [-0.3, -0.25) is 9.69 Å². The molecule has 0 saturated heterocycles. The zero-order chi connectivity index (χ0) is 26.2. The average Bonchev–Trinajstić information content (AvgIpc) is 2.85. The molecule has 0 aromatic heterocycles. The molecule has 1 aliphatic heterocycles. The van der Waals surface area contributed by atoms with Crippen LogP contribution in [0.5, 0.6) is 5.75 Å². The standard InChI is InChI=1S/C27H37FN4O4/c1-6-13-32-15-18(2)25(35-5)16-31(4)26(33)21-12-11-20(14-24(21)36-17-19(32)3)29-27(34)30-23-10-8-7-9-22(23)28/h7-12,14,18-19,25H,6,13,15-17H2,1-5H3,(H2,29,30,34)/t18-,19-,25+/m0/s1. The second-order valence-corrected chi connectivity index (χ2v) is 9.36. The molecule has 3 atom stereocenters. The highest BCUT2D eigenvalue weighted by atomic mass is 19.1. The number of rotatable bonds is 5. The second-order valence-electron chi connectivity index (χ2n) is 9.36. The van der Waals surface area contributed by atoms with Crippen molar-refractivity contribution < 1.29 is 23.5 Å². The number of methoxy groups -OCH3 is 1. The Balaban J connectivity index is 1.86. The highest BCUT2D eigenvalue weighted by Gasteiger charge is 2.28. The van der Waals surface area contributed by atoms with E-state index in [4.69, 9.17) is 9.47 Å². The number of hydrogen-bond donors (Lipinski definition) is 2. The quantitative estimate of drug-likeness (QED) is 0.623. The number of carbonyl (C=O) groups is 2. The maximum atomic E-state index is 13.9. The first-order chi connectivity index (χ1) is 17.2. The van der Waals surface area contributed by atoms with Gasteiger partial charge < -0.3 is 25.0 Å². The molecule has 3 amide bonds. The first-order valence-corrected chi connectivity index (χ1v) is 12.3. The number of amides is 3. The molecule has 0 bridgehead atoms. The lowest BCUT2D eigenvalue weighted by atomic mass is 10.0. The number of anilines is 2. The first kappa shape index (κ1) is 27.4. The number of fused-ring (bicyclic) bond motifs is 1. The number of para-hydroxylation sites is 1. The van der Waals surface area contributed by atoms with Gasteiger partial charge in [-0.15, -0.1) is 0 Å². The molecule has 0 spiro atoms. The maximum absolute atomic E-state index is 13.9. The molecular weight excluding hydrogens is 463 g/mol. The predicted octanol–water partition coefficient (Wildman–Crippen LogP) is 4.69. The summed E-state index contributed by atoms with van der Waals surface area (Å²) in [6.45, 7) is 8.96. The van der Waals surface area contributed by atoms with Crippen molar-refractivity contribution in [3.05, 3.63) is 53.8 Å². The minimum Gasteiger partial charge on any atom is -0.491 e. The SMILES string of the molecule is CCCN1C[C@H](C)[C@H](OC)CN(C)C(=O)c2ccc(NC(=O)Nc3ccccc3F)cc2OC[C@@H]1C. The highest BCUT2D eigenvalue weighted by Crippen LogP contribution is 2.27. The lowest BCUT2D eigenvalue weighted by Crippen LogP contribution is -2.46. The van der Waals surface area contributed by atoms with Gasteiger partial charge in [-0.2, -0.15) is 0 Å². The van der Waals surface area contributed by atoms with Crippen LogP contribution < -0.4 is 15.4 Å². The number of benzene rings is 2. The smallest absolute Gasteiger partial charge is 0.323 e. The minimum absolute atomic E-state index is 0.0705. The summed E-state index contributed by atoms with van der Waals surface area (Å²) in [5, 5.41) is 5.18. The molecule has 0 unspecified atom stereocenters. The first-order valence-electron chi connectivity index (χ1n) is 12.3. The van der Waals surface area contributed by atoms with Gasteiger partial charge in [0, 0.05) is 45.0 Å². The number of likely N-dealkylation sites (N-methyl/N-ethyl adjacent to an activating group) is 1. The van der Waals surface area contributed by atoms with Crippen LogP contribution >= 0.6 is 0 Å². The van der Waals surface area contributed by atoms with E-state index in [1.165, 1.54) is 12.1 Å². The number of urea groups is 1. The third kappa shape index (κ3) is 6.95. The molecule has 9 heteroatoms. The topological polar surface area (TPSA) is 83.1 Å². The van der Waals surface area contributed by atoms with Crippen LogP contribution in [0.1, 0.15) is 37.6 Å². The molecule has 196 valence electrons. The molecular formula is C27H37FN4O4. The summed E-state index contributed by atoms with van der Waals surface area (Å²) in [7, 11) is 3.43. The fraction of sp³-hybridized carbons (Fsp3) is 0.481. The van der Waals surface area contributed by atoms with Crippen molar-refractivity contribution in [3.8, 4) is 5.75 Å². The molecule has 8 nitrogen and oxygen atoms in total. The van der Waals surface area contributed by atoms with Crippen LogP contribution in [0.3, 0.4) is 0 Å². The molecule has 1 heterocycles. The Morgan fingerprint density at radius 1 is 1.17 bits per heavy atom. The second kappa shape index (κ2) is 12.7. The van der Waals surface area contributed by atoms with Gasteiger partial charge >= 0.3 is 6.03 Å². The summed E-state index contributed by atoms with van der Waals surface area (Å²) >= 11 is 0. The van der Waals surface area contributed by atoms with Crippen LogP contribution in [-0.2, 0) is 4.74 Å². The Hall–Kier alpha value is -3.17. The van der Waals surface area contributed by atoms with Gasteiger partial charge in [0.25, 0.3) is 5.91 Å². The molecule has 0 aliphatic carbocycles. The van der Waals surface area contributed by atoms with Crippen molar-refractivity contribution in [2.45, 2.75) is 39.3 Å². The van der Waals surface area contributed by atoms with Gasteiger partial charge in [0.15, 0.2) is 0 Å². The number of hydrogen-bond acceptors (Lipinski definition) is 5. The van der Waals surface area contributed by atoms with E-state index in [0.717, 1.165) is 19.5 Å². The van der Waals surface area contributed by atoms with Crippen LogP contribution in [0.15, 0.2) is 42.5 Å². The van der Waals surface area contributed by atoms with Gasteiger partial charge in [-0.1, -0.05) is 26.0 Å². The van der Waals surface area contributed by atoms with Crippen molar-refractivity contribution >= 4 is 23.3 Å². The van der Waals surface area contributed by atoms with Gasteiger partial charge in [0.05, 0.1) is 17.4 Å². The molecule has 2 N–H and O–H groups in total. The lowest BCUT2D eigenvalue weighted by Gasteiger charge is -2.35. The molecule has 1 aliphatic rings. The molecule has 2 aromatic rings. The van der Waals surface area contributed by atoms with Crippen LogP contribution in [0.25, 0.3) is 0 Å². The number of nitrogens with zero attached hydrogens (tertiary/aromatic N) is 2. The Bertz CT molecular complexity index is 1050. The lowest BCUT2D eigenvalue weighted by molar-refractivity contribution is 0.0108. The molecule has 36 heavy (non-hydrogen) atoms. The summed E-state index contributed by atoms with van der Waals surface area (Å²) in [6, 6.07) is 10.3. The van der Waals surface area contributed by atoms with Crippen molar-refractivity contribution in [1.29, 1.82) is 0 Å². The van der Waals surface area contributed by atoms with E-state index >= 15 is 0 Å². The molecule has 0 radical (unpaired) electrons. The van der Waals surface area contributed by atoms with E-state index in [-0.39, 0.29) is 29.7 Å². The number of halogens is 1. The van der Waals surface area contributed by atoms with Crippen LogP contribution in [0, 0.1) is 11.7 Å². The maximum Gasteiger partial charge on any atom is 0.323 e. The zero-order valence-corrected chi connectivity index (χ0v) is 21.7. The summed E-state index contributed by atoms with van der Waals surface area (Å²) in [5.41, 5.74) is 0.891. The normalized spacial score (nSPS) is 21.6. The van der Waals surface area contributed by atoms with E-state index < -0.39 is 11.8 Å². The molecule has 2 aromatic carbocycles. The van der Waals surface area contributed by atoms with Crippen LogP contribution in [0.2, 0.25) is 0 Å². The van der Waals surface area contributed by atoms with Crippen molar-refractivity contribution in [1.82, 2.24) is 9.80 Å². The number of ether oxygens (including phenoxy) is 2. The Morgan fingerprint density at radius 3 is 2.61 bits per heavy atom. The molecule has 3 rings (SSSR count). The minimum atomic E-state index is -0.601. The highest BCUT2D eigenvalue weighted by molar-refractivity contribution is 6.01. The van der Waals surface area contributed by atoms with E-state index in [1.807, 2.05) is 0 Å². The third-order valence-corrected chi connectivity index (χ3v) is 6.47. The predicted molar refractivity (Wildman–Crippen MR) is 139 cm³/mol. The van der Waals surface area contributed by atoms with Gasteiger partial charge in [0.1, 0.15) is 18.2 Å². The summed E-state index contributed by atoms with van der Waals surface area (Å²) in [5.74, 6) is -0.129. The van der Waals surface area contributed by atoms with Crippen molar-refractivity contribution in [2.75, 3.05) is 51.0 Å². The van der Waals surface area contributed by atoms with Crippen molar-refractivity contribution in [3.63, 3.8) is 0 Å². The summed E-state index contributed by atoms with van der Waals surface area (Å²) in [6.07, 6.45) is 0.895. The van der Waals surface area contributed by atoms with Gasteiger partial charge in [0.2, 0.25) is 0 Å². The van der Waals surface area contributed by atoms with E-state index in [0.29, 0.717) is 30.2 Å². The largest absolute Gasteiger partial charge is 0.491 e. The van der Waals surface area contributed by atoms with Crippen LogP contribution in [0.4, 0.5) is 20.6 Å². The average molecular weight is 501 g/mol. The zero-order valence-electron chi connectivity index (χ0n) is 21.7. The monoisotopic (exact) mass is 500 g/mol. The molecule has 0 fully saturated rings.